The van der Waals surface area contributed by atoms with Crippen molar-refractivity contribution in [3.05, 3.63) is 46.6 Å². The third kappa shape index (κ3) is 2.48. The van der Waals surface area contributed by atoms with Crippen molar-refractivity contribution in [3.63, 3.8) is 0 Å². The highest BCUT2D eigenvalue weighted by Crippen LogP contribution is 2.38. The van der Waals surface area contributed by atoms with Crippen LogP contribution in [-0.2, 0) is 0 Å². The van der Waals surface area contributed by atoms with Gasteiger partial charge in [0.1, 0.15) is 11.5 Å². The molecule has 5 nitrogen and oxygen atoms in total. The summed E-state index contributed by atoms with van der Waals surface area (Å²) in [7, 11) is 0. The van der Waals surface area contributed by atoms with E-state index in [0.29, 0.717) is 5.88 Å². The number of nitrogens with zero attached hydrogens (tertiary/aromatic N) is 3. The maximum Gasteiger partial charge on any atom is 0.230 e. The van der Waals surface area contributed by atoms with Crippen molar-refractivity contribution >= 4 is 27.5 Å². The van der Waals surface area contributed by atoms with E-state index in [1.165, 1.54) is 0 Å². The van der Waals surface area contributed by atoms with E-state index < -0.39 is 0 Å². The Kier molecular flexibility index (Phi) is 3.56. The van der Waals surface area contributed by atoms with Gasteiger partial charge in [-0.1, -0.05) is 15.9 Å². The lowest BCUT2D eigenvalue weighted by molar-refractivity contribution is 0.357. The Morgan fingerprint density at radius 1 is 1.18 bits per heavy atom. The molecule has 0 unspecified atom stereocenters. The summed E-state index contributed by atoms with van der Waals surface area (Å²) in [6.45, 7) is 3.77. The van der Waals surface area contributed by atoms with Crippen LogP contribution in [0.5, 0.6) is 11.6 Å². The van der Waals surface area contributed by atoms with Gasteiger partial charge in [-0.15, -0.1) is 0 Å². The summed E-state index contributed by atoms with van der Waals surface area (Å²) in [6.07, 6.45) is 1.75. The van der Waals surface area contributed by atoms with E-state index in [4.69, 9.17) is 9.73 Å². The number of pyridine rings is 1. The number of rotatable bonds is 0. The molecule has 0 radical (unpaired) electrons. The molecule has 112 valence electrons. The summed E-state index contributed by atoms with van der Waals surface area (Å²) in [5.41, 5.74) is 1.76. The van der Waals surface area contributed by atoms with Crippen LogP contribution in [0.4, 0.5) is 5.69 Å². The van der Waals surface area contributed by atoms with Gasteiger partial charge < -0.3 is 15.0 Å². The maximum atomic E-state index is 5.99. The van der Waals surface area contributed by atoms with E-state index in [-0.39, 0.29) is 0 Å². The zero-order valence-electron chi connectivity index (χ0n) is 11.9. The van der Waals surface area contributed by atoms with Crippen molar-refractivity contribution < 1.29 is 4.74 Å². The fourth-order valence-electron chi connectivity index (χ4n) is 2.70. The lowest BCUT2D eigenvalue weighted by Crippen LogP contribution is -2.46. The van der Waals surface area contributed by atoms with Crippen LogP contribution in [0.25, 0.3) is 0 Å². The second-order valence-electron chi connectivity index (χ2n) is 5.24. The van der Waals surface area contributed by atoms with Crippen molar-refractivity contribution in [2.75, 3.05) is 26.2 Å². The van der Waals surface area contributed by atoms with Gasteiger partial charge >= 0.3 is 0 Å². The van der Waals surface area contributed by atoms with Crippen molar-refractivity contribution in [2.45, 2.75) is 0 Å². The first kappa shape index (κ1) is 13.7. The van der Waals surface area contributed by atoms with Gasteiger partial charge in [0, 0.05) is 36.8 Å². The number of fused-ring (bicyclic) bond motifs is 2. The average Bonchev–Trinajstić information content (AvgIpc) is 2.72. The minimum Gasteiger partial charge on any atom is -0.436 e. The predicted octanol–water partition coefficient (Wildman–Crippen LogP) is 2.93. The molecule has 22 heavy (non-hydrogen) atoms. The fraction of sp³-hybridized carbons (Fsp3) is 0.250. The number of piperazine rings is 1. The van der Waals surface area contributed by atoms with Gasteiger partial charge in [0.15, 0.2) is 5.75 Å². The van der Waals surface area contributed by atoms with Crippen LogP contribution in [0.15, 0.2) is 46.0 Å². The van der Waals surface area contributed by atoms with Gasteiger partial charge in [-0.2, -0.15) is 0 Å². The highest BCUT2D eigenvalue weighted by molar-refractivity contribution is 9.10. The molecule has 0 bridgehead atoms. The maximum absolute atomic E-state index is 5.99. The fourth-order valence-corrected chi connectivity index (χ4v) is 3.05. The second kappa shape index (κ2) is 5.70. The SMILES string of the molecule is Brc1ccc2c(c1)N=C(N1CCNCC1)c1cccnc1O2. The first-order valence-electron chi connectivity index (χ1n) is 7.28. The molecule has 0 atom stereocenters. The molecular formula is C16H15BrN4O. The summed E-state index contributed by atoms with van der Waals surface area (Å²) in [6, 6.07) is 9.79. The number of aromatic nitrogens is 1. The number of aliphatic imine (C=N–C) groups is 1. The molecule has 2 aliphatic rings. The number of benzene rings is 1. The Morgan fingerprint density at radius 2 is 2.05 bits per heavy atom. The molecule has 1 aromatic carbocycles. The Hall–Kier alpha value is -1.92. The Labute approximate surface area is 137 Å². The van der Waals surface area contributed by atoms with Crippen LogP contribution in [0.3, 0.4) is 0 Å². The minimum atomic E-state index is 0.612. The van der Waals surface area contributed by atoms with Crippen LogP contribution in [0, 0.1) is 0 Å². The molecule has 0 spiro atoms. The number of hydrogen-bond donors (Lipinski definition) is 1. The lowest BCUT2D eigenvalue weighted by atomic mass is 10.2. The molecule has 4 rings (SSSR count). The highest BCUT2D eigenvalue weighted by Gasteiger charge is 2.24. The van der Waals surface area contributed by atoms with Gasteiger partial charge in [-0.25, -0.2) is 9.98 Å². The molecule has 1 aromatic heterocycles. The van der Waals surface area contributed by atoms with E-state index in [2.05, 4.69) is 31.1 Å². The van der Waals surface area contributed by atoms with Gasteiger partial charge in [0.05, 0.1) is 5.56 Å². The molecule has 0 amide bonds. The summed E-state index contributed by atoms with van der Waals surface area (Å²) in [5, 5.41) is 3.37. The first-order chi connectivity index (χ1) is 10.8. The summed E-state index contributed by atoms with van der Waals surface area (Å²) >= 11 is 3.50. The highest BCUT2D eigenvalue weighted by atomic mass is 79.9. The molecule has 3 heterocycles. The summed E-state index contributed by atoms with van der Waals surface area (Å²) in [5.74, 6) is 2.27. The topological polar surface area (TPSA) is 49.8 Å². The standard InChI is InChI=1S/C16H15BrN4O/c17-11-3-4-14-13(10-11)20-15(21-8-6-18-7-9-21)12-2-1-5-19-16(12)22-14/h1-5,10,18H,6-9H2. The van der Waals surface area contributed by atoms with Gasteiger partial charge in [0.25, 0.3) is 0 Å². The molecule has 1 saturated heterocycles. The van der Waals surface area contributed by atoms with Crippen LogP contribution < -0.4 is 10.1 Å². The molecular weight excluding hydrogens is 344 g/mol. The van der Waals surface area contributed by atoms with Crippen LogP contribution in [-0.4, -0.2) is 41.9 Å². The van der Waals surface area contributed by atoms with Crippen molar-refractivity contribution in [1.82, 2.24) is 15.2 Å². The quantitative estimate of drug-likeness (QED) is 0.786. The molecule has 6 heteroatoms. The third-order valence-electron chi connectivity index (χ3n) is 3.78. The number of hydrogen-bond acceptors (Lipinski definition) is 5. The van der Waals surface area contributed by atoms with Crippen molar-refractivity contribution in [1.29, 1.82) is 0 Å². The van der Waals surface area contributed by atoms with E-state index in [1.807, 2.05) is 30.3 Å². The largest absolute Gasteiger partial charge is 0.436 e. The van der Waals surface area contributed by atoms with E-state index in [1.54, 1.807) is 6.20 Å². The monoisotopic (exact) mass is 358 g/mol. The first-order valence-corrected chi connectivity index (χ1v) is 8.08. The van der Waals surface area contributed by atoms with E-state index in [0.717, 1.165) is 53.5 Å². The number of nitrogens with one attached hydrogen (secondary N) is 1. The van der Waals surface area contributed by atoms with Crippen LogP contribution >= 0.6 is 15.9 Å². The van der Waals surface area contributed by atoms with Crippen molar-refractivity contribution in [3.8, 4) is 11.6 Å². The van der Waals surface area contributed by atoms with Crippen LogP contribution in [0.2, 0.25) is 0 Å². The average molecular weight is 359 g/mol. The summed E-state index contributed by atoms with van der Waals surface area (Å²) in [4.78, 5) is 11.6. The Morgan fingerprint density at radius 3 is 2.91 bits per heavy atom. The van der Waals surface area contributed by atoms with Gasteiger partial charge in [-0.3, -0.25) is 0 Å². The Balaban J connectivity index is 1.88. The van der Waals surface area contributed by atoms with E-state index >= 15 is 0 Å². The molecule has 1 N–H and O–H groups in total. The predicted molar refractivity (Wildman–Crippen MR) is 89.1 cm³/mol. The van der Waals surface area contributed by atoms with Crippen LogP contribution in [0.1, 0.15) is 5.56 Å². The Bertz CT molecular complexity index is 741. The van der Waals surface area contributed by atoms with Crippen molar-refractivity contribution in [2.24, 2.45) is 4.99 Å². The summed E-state index contributed by atoms with van der Waals surface area (Å²) < 4.78 is 6.97. The molecule has 1 fully saturated rings. The van der Waals surface area contributed by atoms with Gasteiger partial charge in [-0.05, 0) is 30.3 Å². The zero-order chi connectivity index (χ0) is 14.9. The second-order valence-corrected chi connectivity index (χ2v) is 6.16. The number of ether oxygens (including phenoxy) is 1. The molecule has 2 aromatic rings. The minimum absolute atomic E-state index is 0.612. The molecule has 0 saturated carbocycles. The number of halogens is 1. The third-order valence-corrected chi connectivity index (χ3v) is 4.28. The molecule has 2 aliphatic heterocycles. The molecule has 0 aliphatic carbocycles. The van der Waals surface area contributed by atoms with Gasteiger partial charge in [0.2, 0.25) is 5.88 Å². The smallest absolute Gasteiger partial charge is 0.230 e. The normalized spacial score (nSPS) is 17.0. The lowest BCUT2D eigenvalue weighted by Gasteiger charge is -2.30. The number of amidine groups is 1. The van der Waals surface area contributed by atoms with E-state index in [9.17, 15) is 0 Å². The zero-order valence-corrected chi connectivity index (χ0v) is 13.5.